The lowest BCUT2D eigenvalue weighted by Gasteiger charge is -2.28. The fourth-order valence-electron chi connectivity index (χ4n) is 0.909. The lowest BCUT2D eigenvalue weighted by Crippen LogP contribution is -2.26. The van der Waals surface area contributed by atoms with E-state index in [0.717, 1.165) is 5.92 Å². The lowest BCUT2D eigenvalue weighted by molar-refractivity contribution is 0.285. The molecule has 1 saturated carbocycles. The molecule has 44 valence electrons. The van der Waals surface area contributed by atoms with Crippen LogP contribution in [0.1, 0.15) is 19.8 Å². The SMILES string of the molecule is C[C@@H]1CC[C@H]1N=C=S. The quantitative estimate of drug-likeness (QED) is 0.387. The van der Waals surface area contributed by atoms with Gasteiger partial charge in [0.2, 0.25) is 0 Å². The first kappa shape index (κ1) is 5.93. The Hall–Kier alpha value is -0.200. The molecule has 0 spiro atoms. The molecule has 1 nitrogen and oxygen atoms in total. The number of nitrogens with zero attached hydrogens (tertiary/aromatic N) is 1. The van der Waals surface area contributed by atoms with Crippen LogP contribution in [-0.4, -0.2) is 11.2 Å². The second kappa shape index (κ2) is 2.38. The van der Waals surface area contributed by atoms with Crippen LogP contribution < -0.4 is 0 Å². The third kappa shape index (κ3) is 0.960. The first-order valence-corrected chi connectivity index (χ1v) is 3.32. The molecule has 1 rings (SSSR count). The number of aliphatic imine (C=N–C) groups is 1. The molecule has 2 atom stereocenters. The molecule has 0 N–H and O–H groups in total. The minimum Gasteiger partial charge on any atom is -0.229 e. The third-order valence-corrected chi connectivity index (χ3v) is 1.90. The molecule has 0 aliphatic heterocycles. The summed E-state index contributed by atoms with van der Waals surface area (Å²) in [7, 11) is 0. The topological polar surface area (TPSA) is 12.4 Å². The molecule has 8 heavy (non-hydrogen) atoms. The minimum atomic E-state index is 0.507. The van der Waals surface area contributed by atoms with Gasteiger partial charge >= 0.3 is 0 Å². The Morgan fingerprint density at radius 3 is 2.50 bits per heavy atom. The highest BCUT2D eigenvalue weighted by Gasteiger charge is 2.25. The summed E-state index contributed by atoms with van der Waals surface area (Å²) in [6, 6.07) is 0.507. The molecule has 0 aromatic rings. The smallest absolute Gasteiger partial charge is 0.0628 e. The Morgan fingerprint density at radius 2 is 2.38 bits per heavy atom. The van der Waals surface area contributed by atoms with Gasteiger partial charge in [-0.2, -0.15) is 0 Å². The normalized spacial score (nSPS) is 35.1. The summed E-state index contributed by atoms with van der Waals surface area (Å²) in [5.74, 6) is 0.755. The van der Waals surface area contributed by atoms with E-state index < -0.39 is 0 Å². The second-order valence-electron chi connectivity index (χ2n) is 2.34. The van der Waals surface area contributed by atoms with Gasteiger partial charge in [-0.1, -0.05) is 6.92 Å². The van der Waals surface area contributed by atoms with Gasteiger partial charge in [-0.05, 0) is 31.0 Å². The van der Waals surface area contributed by atoms with Crippen molar-refractivity contribution in [3.8, 4) is 0 Å². The molecule has 0 aromatic carbocycles. The maximum absolute atomic E-state index is 4.46. The number of isothiocyanates is 1. The van der Waals surface area contributed by atoms with E-state index in [-0.39, 0.29) is 0 Å². The lowest BCUT2D eigenvalue weighted by atomic mass is 9.82. The van der Waals surface area contributed by atoms with Crippen molar-refractivity contribution in [2.45, 2.75) is 25.8 Å². The first-order chi connectivity index (χ1) is 3.84. The minimum absolute atomic E-state index is 0.507. The Kier molecular flexibility index (Phi) is 1.77. The van der Waals surface area contributed by atoms with Crippen molar-refractivity contribution < 1.29 is 0 Å². The standard InChI is InChI=1S/C6H9NS/c1-5-2-3-6(5)7-4-8/h5-6H,2-3H2,1H3/t5-,6-/m1/s1. The molecular formula is C6H9NS. The summed E-state index contributed by atoms with van der Waals surface area (Å²) in [5, 5.41) is 2.41. The van der Waals surface area contributed by atoms with Gasteiger partial charge in [0.15, 0.2) is 0 Å². The van der Waals surface area contributed by atoms with Crippen molar-refractivity contribution >= 4 is 17.4 Å². The van der Waals surface area contributed by atoms with Gasteiger partial charge in [-0.3, -0.25) is 0 Å². The maximum Gasteiger partial charge on any atom is 0.0628 e. The van der Waals surface area contributed by atoms with E-state index in [1.807, 2.05) is 0 Å². The van der Waals surface area contributed by atoms with Gasteiger partial charge < -0.3 is 0 Å². The Bertz CT molecular complexity index is 126. The van der Waals surface area contributed by atoms with Crippen LogP contribution in [0.5, 0.6) is 0 Å². The number of rotatable bonds is 1. The zero-order chi connectivity index (χ0) is 5.98. The summed E-state index contributed by atoms with van der Waals surface area (Å²) in [6.45, 7) is 2.20. The van der Waals surface area contributed by atoms with Crippen LogP contribution in [-0.2, 0) is 0 Å². The largest absolute Gasteiger partial charge is 0.229 e. The highest BCUT2D eigenvalue weighted by molar-refractivity contribution is 7.78. The predicted octanol–water partition coefficient (Wildman–Crippen LogP) is 1.89. The van der Waals surface area contributed by atoms with Gasteiger partial charge in [-0.25, -0.2) is 4.99 Å². The zero-order valence-corrected chi connectivity index (χ0v) is 5.74. The average Bonchev–Trinajstić information content (AvgIpc) is 1.79. The molecule has 2 heteroatoms. The molecule has 0 bridgehead atoms. The third-order valence-electron chi connectivity index (χ3n) is 1.79. The average molecular weight is 127 g/mol. The van der Waals surface area contributed by atoms with Gasteiger partial charge in [0.1, 0.15) is 0 Å². The van der Waals surface area contributed by atoms with E-state index >= 15 is 0 Å². The van der Waals surface area contributed by atoms with E-state index in [1.54, 1.807) is 0 Å². The predicted molar refractivity (Wildman–Crippen MR) is 37.2 cm³/mol. The van der Waals surface area contributed by atoms with Crippen molar-refractivity contribution in [3.63, 3.8) is 0 Å². The van der Waals surface area contributed by atoms with Crippen LogP contribution in [0.15, 0.2) is 4.99 Å². The summed E-state index contributed by atoms with van der Waals surface area (Å²) in [6.07, 6.45) is 2.52. The van der Waals surface area contributed by atoms with Crippen molar-refractivity contribution in [2.75, 3.05) is 0 Å². The second-order valence-corrected chi connectivity index (χ2v) is 2.52. The Labute approximate surface area is 54.8 Å². The van der Waals surface area contributed by atoms with Crippen LogP contribution in [0.3, 0.4) is 0 Å². The maximum atomic E-state index is 4.46. The van der Waals surface area contributed by atoms with Gasteiger partial charge in [0.05, 0.1) is 11.2 Å². The molecule has 0 amide bonds. The van der Waals surface area contributed by atoms with Crippen LogP contribution in [0.2, 0.25) is 0 Å². The van der Waals surface area contributed by atoms with Crippen molar-refractivity contribution in [3.05, 3.63) is 0 Å². The first-order valence-electron chi connectivity index (χ1n) is 2.91. The number of thiocarbonyl (C=S) groups is 1. The fraction of sp³-hybridized carbons (Fsp3) is 0.833. The van der Waals surface area contributed by atoms with Crippen LogP contribution in [0, 0.1) is 5.92 Å². The van der Waals surface area contributed by atoms with E-state index in [1.165, 1.54) is 12.8 Å². The van der Waals surface area contributed by atoms with E-state index in [4.69, 9.17) is 0 Å². The summed E-state index contributed by atoms with van der Waals surface area (Å²) < 4.78 is 0. The molecule has 0 saturated heterocycles. The summed E-state index contributed by atoms with van der Waals surface area (Å²) >= 11 is 4.46. The van der Waals surface area contributed by atoms with Crippen LogP contribution >= 0.6 is 12.2 Å². The molecule has 0 radical (unpaired) electrons. The van der Waals surface area contributed by atoms with E-state index in [0.29, 0.717) is 6.04 Å². The van der Waals surface area contributed by atoms with Crippen molar-refractivity contribution in [1.29, 1.82) is 0 Å². The highest BCUT2D eigenvalue weighted by atomic mass is 32.1. The highest BCUT2D eigenvalue weighted by Crippen LogP contribution is 2.28. The van der Waals surface area contributed by atoms with Crippen molar-refractivity contribution in [2.24, 2.45) is 10.9 Å². The van der Waals surface area contributed by atoms with Gasteiger partial charge in [0, 0.05) is 0 Å². The van der Waals surface area contributed by atoms with Crippen LogP contribution in [0.25, 0.3) is 0 Å². The molecule has 0 heterocycles. The van der Waals surface area contributed by atoms with Crippen molar-refractivity contribution in [1.82, 2.24) is 0 Å². The molecule has 1 fully saturated rings. The molecule has 1 aliphatic carbocycles. The Morgan fingerprint density at radius 1 is 1.62 bits per heavy atom. The molecular weight excluding hydrogens is 118 g/mol. The van der Waals surface area contributed by atoms with E-state index in [9.17, 15) is 0 Å². The Balaban J connectivity index is 2.37. The molecule has 0 unspecified atom stereocenters. The monoisotopic (exact) mass is 127 g/mol. The number of hydrogen-bond acceptors (Lipinski definition) is 2. The summed E-state index contributed by atoms with van der Waals surface area (Å²) in [4.78, 5) is 3.98. The van der Waals surface area contributed by atoms with Gasteiger partial charge in [-0.15, -0.1) is 0 Å². The molecule has 1 aliphatic rings. The van der Waals surface area contributed by atoms with Gasteiger partial charge in [0.25, 0.3) is 0 Å². The summed E-state index contributed by atoms with van der Waals surface area (Å²) in [5.41, 5.74) is 0. The van der Waals surface area contributed by atoms with E-state index in [2.05, 4.69) is 29.3 Å². The zero-order valence-electron chi connectivity index (χ0n) is 4.92. The molecule has 0 aromatic heterocycles. The van der Waals surface area contributed by atoms with Crippen LogP contribution in [0.4, 0.5) is 0 Å². The fourth-order valence-corrected chi connectivity index (χ4v) is 1.04. The number of hydrogen-bond donors (Lipinski definition) is 0.